The first-order valence-corrected chi connectivity index (χ1v) is 12.3. The fourth-order valence-corrected chi connectivity index (χ4v) is 4.73. The largest absolute Gasteiger partial charge is 0.345 e. The summed E-state index contributed by atoms with van der Waals surface area (Å²) in [5, 5.41) is 8.54. The summed E-state index contributed by atoms with van der Waals surface area (Å²) in [4.78, 5) is 32.6. The molecule has 3 aromatic rings. The van der Waals surface area contributed by atoms with Gasteiger partial charge in [-0.1, -0.05) is 55.5 Å². The van der Waals surface area contributed by atoms with Gasteiger partial charge >= 0.3 is 0 Å². The van der Waals surface area contributed by atoms with Crippen LogP contribution in [-0.4, -0.2) is 34.8 Å². The first-order chi connectivity index (χ1) is 16.1. The van der Waals surface area contributed by atoms with Gasteiger partial charge in [0.2, 0.25) is 5.91 Å². The van der Waals surface area contributed by atoms with Crippen molar-refractivity contribution in [1.82, 2.24) is 15.2 Å². The molecule has 1 aromatic heterocycles. The molecule has 1 aliphatic heterocycles. The van der Waals surface area contributed by atoms with E-state index < -0.39 is 6.04 Å². The molecular formula is C26H30N4O2S. The quantitative estimate of drug-likeness (QED) is 0.501. The van der Waals surface area contributed by atoms with Crippen LogP contribution in [0.1, 0.15) is 53.8 Å². The Kier molecular flexibility index (Phi) is 7.86. The SMILES string of the molecule is CC1CCN(Cc2csc(NC(=O)CC(NC(=O)c3ccccc3)c3ccccc3)n2)CC1. The lowest BCUT2D eigenvalue weighted by atomic mass is 9.99. The summed E-state index contributed by atoms with van der Waals surface area (Å²) < 4.78 is 0. The number of nitrogens with one attached hydrogen (secondary N) is 2. The fourth-order valence-electron chi connectivity index (χ4n) is 4.01. The smallest absolute Gasteiger partial charge is 0.251 e. The summed E-state index contributed by atoms with van der Waals surface area (Å²) >= 11 is 1.44. The van der Waals surface area contributed by atoms with Crippen LogP contribution in [0.15, 0.2) is 66.0 Å². The van der Waals surface area contributed by atoms with Gasteiger partial charge in [-0.15, -0.1) is 11.3 Å². The first kappa shape index (κ1) is 23.1. The third-order valence-electron chi connectivity index (χ3n) is 5.99. The molecule has 0 bridgehead atoms. The number of carbonyl (C=O) groups is 2. The van der Waals surface area contributed by atoms with Crippen molar-refractivity contribution in [1.29, 1.82) is 0 Å². The van der Waals surface area contributed by atoms with Gasteiger partial charge in [0.1, 0.15) is 0 Å². The Hall–Kier alpha value is -3.03. The Morgan fingerprint density at radius 3 is 2.42 bits per heavy atom. The van der Waals surface area contributed by atoms with E-state index in [1.54, 1.807) is 12.1 Å². The number of rotatable bonds is 8. The molecule has 0 aliphatic carbocycles. The van der Waals surface area contributed by atoms with E-state index in [4.69, 9.17) is 0 Å². The highest BCUT2D eigenvalue weighted by atomic mass is 32.1. The van der Waals surface area contributed by atoms with Crippen LogP contribution in [0.2, 0.25) is 0 Å². The molecule has 6 nitrogen and oxygen atoms in total. The van der Waals surface area contributed by atoms with E-state index in [1.165, 1.54) is 24.2 Å². The first-order valence-electron chi connectivity index (χ1n) is 11.4. The molecule has 2 amide bonds. The minimum atomic E-state index is -0.436. The number of piperidine rings is 1. The van der Waals surface area contributed by atoms with Crippen molar-refractivity contribution in [3.05, 3.63) is 82.9 Å². The van der Waals surface area contributed by atoms with Crippen LogP contribution in [-0.2, 0) is 11.3 Å². The highest BCUT2D eigenvalue weighted by Gasteiger charge is 2.21. The van der Waals surface area contributed by atoms with E-state index in [9.17, 15) is 9.59 Å². The van der Waals surface area contributed by atoms with Gasteiger partial charge in [0.15, 0.2) is 5.13 Å². The van der Waals surface area contributed by atoms with Gasteiger partial charge in [-0.2, -0.15) is 0 Å². The Labute approximate surface area is 199 Å². The predicted molar refractivity (Wildman–Crippen MR) is 132 cm³/mol. The highest BCUT2D eigenvalue weighted by Crippen LogP contribution is 2.23. The van der Waals surface area contributed by atoms with Gasteiger partial charge in [0.25, 0.3) is 5.91 Å². The second-order valence-corrected chi connectivity index (χ2v) is 9.52. The van der Waals surface area contributed by atoms with E-state index in [0.717, 1.165) is 36.8 Å². The average molecular weight is 463 g/mol. The lowest BCUT2D eigenvalue weighted by Gasteiger charge is -2.29. The highest BCUT2D eigenvalue weighted by molar-refractivity contribution is 7.13. The molecule has 1 unspecified atom stereocenters. The number of hydrogen-bond acceptors (Lipinski definition) is 5. The third kappa shape index (κ3) is 6.73. The summed E-state index contributed by atoms with van der Waals surface area (Å²) in [6.07, 6.45) is 2.58. The van der Waals surface area contributed by atoms with Crippen molar-refractivity contribution in [3.63, 3.8) is 0 Å². The van der Waals surface area contributed by atoms with Crippen LogP contribution in [0.3, 0.4) is 0 Å². The number of nitrogens with zero attached hydrogens (tertiary/aromatic N) is 2. The summed E-state index contributed by atoms with van der Waals surface area (Å²) in [7, 11) is 0. The van der Waals surface area contributed by atoms with Gasteiger partial charge in [-0.25, -0.2) is 4.98 Å². The Bertz CT molecular complexity index is 1050. The standard InChI is InChI=1S/C26H30N4O2S/c1-19-12-14-30(15-13-19)17-22-18-33-26(27-22)29-24(31)16-23(20-8-4-2-5-9-20)28-25(32)21-10-6-3-7-11-21/h2-11,18-19,23H,12-17H2,1H3,(H,28,32)(H,27,29,31). The van der Waals surface area contributed by atoms with Crippen LogP contribution >= 0.6 is 11.3 Å². The van der Waals surface area contributed by atoms with Crippen LogP contribution in [0, 0.1) is 5.92 Å². The molecule has 1 fully saturated rings. The minimum absolute atomic E-state index is 0.127. The molecule has 1 saturated heterocycles. The maximum absolute atomic E-state index is 12.8. The van der Waals surface area contributed by atoms with Crippen molar-refractivity contribution in [2.24, 2.45) is 5.92 Å². The Morgan fingerprint density at radius 1 is 1.06 bits per heavy atom. The molecule has 0 saturated carbocycles. The molecule has 0 spiro atoms. The molecular weight excluding hydrogens is 432 g/mol. The van der Waals surface area contributed by atoms with Crippen LogP contribution in [0.4, 0.5) is 5.13 Å². The molecule has 2 N–H and O–H groups in total. The molecule has 2 aromatic carbocycles. The average Bonchev–Trinajstić information content (AvgIpc) is 3.27. The molecule has 4 rings (SSSR count). The van der Waals surface area contributed by atoms with Gasteiger partial charge in [-0.05, 0) is 49.5 Å². The second-order valence-electron chi connectivity index (χ2n) is 8.66. The molecule has 1 atom stereocenters. The molecule has 2 heterocycles. The van der Waals surface area contributed by atoms with Crippen LogP contribution < -0.4 is 10.6 Å². The zero-order valence-corrected chi connectivity index (χ0v) is 19.7. The molecule has 33 heavy (non-hydrogen) atoms. The monoisotopic (exact) mass is 462 g/mol. The summed E-state index contributed by atoms with van der Waals surface area (Å²) in [5.74, 6) is 0.418. The van der Waals surface area contributed by atoms with Crippen molar-refractivity contribution in [3.8, 4) is 0 Å². The minimum Gasteiger partial charge on any atom is -0.345 e. The zero-order chi connectivity index (χ0) is 23.0. The molecule has 7 heteroatoms. The van der Waals surface area contributed by atoms with E-state index in [0.29, 0.717) is 10.7 Å². The normalized spacial score (nSPS) is 15.7. The molecule has 172 valence electrons. The van der Waals surface area contributed by atoms with Crippen molar-refractivity contribution < 1.29 is 9.59 Å². The Balaban J connectivity index is 1.37. The van der Waals surface area contributed by atoms with Crippen molar-refractivity contribution in [2.45, 2.75) is 38.8 Å². The Morgan fingerprint density at radius 2 is 1.73 bits per heavy atom. The number of hydrogen-bond donors (Lipinski definition) is 2. The summed E-state index contributed by atoms with van der Waals surface area (Å²) in [6.45, 7) is 5.32. The lowest BCUT2D eigenvalue weighted by Crippen LogP contribution is -2.32. The number of aromatic nitrogens is 1. The fraction of sp³-hybridized carbons (Fsp3) is 0.346. The van der Waals surface area contributed by atoms with Gasteiger partial charge in [0.05, 0.1) is 18.2 Å². The van der Waals surface area contributed by atoms with E-state index in [2.05, 4.69) is 27.4 Å². The number of amides is 2. The predicted octanol–water partition coefficient (Wildman–Crippen LogP) is 4.87. The zero-order valence-electron chi connectivity index (χ0n) is 18.9. The number of thiazole rings is 1. The number of carbonyl (C=O) groups excluding carboxylic acids is 2. The topological polar surface area (TPSA) is 74.3 Å². The van der Waals surface area contributed by atoms with Crippen molar-refractivity contribution in [2.75, 3.05) is 18.4 Å². The van der Waals surface area contributed by atoms with Crippen molar-refractivity contribution >= 4 is 28.3 Å². The number of likely N-dealkylation sites (tertiary alicyclic amines) is 1. The van der Waals surface area contributed by atoms with Gasteiger partial charge < -0.3 is 10.6 Å². The van der Waals surface area contributed by atoms with E-state index >= 15 is 0 Å². The maximum Gasteiger partial charge on any atom is 0.251 e. The van der Waals surface area contributed by atoms with Gasteiger partial charge in [-0.3, -0.25) is 14.5 Å². The summed E-state index contributed by atoms with van der Waals surface area (Å²) in [5.41, 5.74) is 2.44. The molecule has 1 aliphatic rings. The second kappa shape index (κ2) is 11.2. The number of anilines is 1. The van der Waals surface area contributed by atoms with Crippen LogP contribution in [0.25, 0.3) is 0 Å². The number of benzene rings is 2. The molecule has 0 radical (unpaired) electrons. The summed E-state index contributed by atoms with van der Waals surface area (Å²) in [6, 6.07) is 18.2. The van der Waals surface area contributed by atoms with Gasteiger partial charge in [0, 0.05) is 17.5 Å². The van der Waals surface area contributed by atoms with E-state index in [1.807, 2.05) is 53.9 Å². The third-order valence-corrected chi connectivity index (χ3v) is 6.80. The lowest BCUT2D eigenvalue weighted by molar-refractivity contribution is -0.116. The maximum atomic E-state index is 12.8. The van der Waals surface area contributed by atoms with Crippen LogP contribution in [0.5, 0.6) is 0 Å². The van der Waals surface area contributed by atoms with E-state index in [-0.39, 0.29) is 18.2 Å².